The third-order valence-corrected chi connectivity index (χ3v) is 2.70. The minimum atomic E-state index is -0.401. The Balaban J connectivity index is 2.55. The van der Waals surface area contributed by atoms with Crippen molar-refractivity contribution in [3.8, 4) is 11.4 Å². The third-order valence-electron chi connectivity index (χ3n) is 2.70. The molecule has 2 N–H and O–H groups in total. The zero-order valence-corrected chi connectivity index (χ0v) is 10.2. The van der Waals surface area contributed by atoms with Crippen LogP contribution in [0.3, 0.4) is 0 Å². The van der Waals surface area contributed by atoms with Crippen molar-refractivity contribution in [2.45, 2.75) is 13.5 Å². The number of H-pyrrole nitrogens is 1. The number of halogens is 1. The fourth-order valence-corrected chi connectivity index (χ4v) is 1.78. The van der Waals surface area contributed by atoms with Crippen LogP contribution in [0, 0.1) is 12.7 Å². The van der Waals surface area contributed by atoms with Gasteiger partial charge in [-0.3, -0.25) is 4.79 Å². The van der Waals surface area contributed by atoms with Gasteiger partial charge in [-0.1, -0.05) is 12.1 Å². The van der Waals surface area contributed by atoms with E-state index in [4.69, 9.17) is 0 Å². The molecule has 1 aromatic carbocycles. The van der Waals surface area contributed by atoms with Crippen molar-refractivity contribution in [3.63, 3.8) is 0 Å². The monoisotopic (exact) mass is 247 g/mol. The molecule has 0 fully saturated rings. The van der Waals surface area contributed by atoms with Crippen LogP contribution < -0.4 is 10.9 Å². The molecule has 94 valence electrons. The first kappa shape index (κ1) is 12.4. The summed E-state index contributed by atoms with van der Waals surface area (Å²) in [4.78, 5) is 18.7. The van der Waals surface area contributed by atoms with Crippen LogP contribution in [0.1, 0.15) is 11.3 Å². The molecule has 0 spiro atoms. The van der Waals surface area contributed by atoms with Crippen molar-refractivity contribution in [1.29, 1.82) is 0 Å². The highest BCUT2D eigenvalue weighted by Gasteiger charge is 2.11. The lowest BCUT2D eigenvalue weighted by Crippen LogP contribution is -2.22. The number of benzene rings is 1. The largest absolute Gasteiger partial charge is 0.315 e. The SMILES string of the molecule is CNCc1c(C)nc(-c2ccccc2F)[nH]c1=O. The Hall–Kier alpha value is -2.01. The zero-order chi connectivity index (χ0) is 13.1. The molecule has 0 aliphatic rings. The van der Waals surface area contributed by atoms with E-state index in [1.54, 1.807) is 32.2 Å². The quantitative estimate of drug-likeness (QED) is 0.866. The Labute approximate surface area is 104 Å². The molecule has 0 atom stereocenters. The highest BCUT2D eigenvalue weighted by molar-refractivity contribution is 5.55. The maximum absolute atomic E-state index is 13.6. The van der Waals surface area contributed by atoms with E-state index in [1.165, 1.54) is 6.07 Å². The average molecular weight is 247 g/mol. The van der Waals surface area contributed by atoms with Gasteiger partial charge in [0.2, 0.25) is 0 Å². The van der Waals surface area contributed by atoms with Gasteiger partial charge in [0.1, 0.15) is 11.6 Å². The Bertz CT molecular complexity index is 622. The number of aryl methyl sites for hydroxylation is 1. The van der Waals surface area contributed by atoms with E-state index in [1.807, 2.05) is 0 Å². The van der Waals surface area contributed by atoms with Gasteiger partial charge >= 0.3 is 0 Å². The molecule has 1 heterocycles. The van der Waals surface area contributed by atoms with Crippen molar-refractivity contribution >= 4 is 0 Å². The number of aromatic nitrogens is 2. The standard InChI is InChI=1S/C13H14FN3O/c1-8-10(7-15-2)13(18)17-12(16-8)9-5-3-4-6-11(9)14/h3-6,15H,7H2,1-2H3,(H,16,17,18). The molecule has 0 unspecified atom stereocenters. The highest BCUT2D eigenvalue weighted by Crippen LogP contribution is 2.18. The van der Waals surface area contributed by atoms with Crippen LogP contribution in [0.15, 0.2) is 29.1 Å². The summed E-state index contributed by atoms with van der Waals surface area (Å²) in [5.74, 6) is -0.142. The van der Waals surface area contributed by atoms with Crippen LogP contribution in [0.4, 0.5) is 4.39 Å². The lowest BCUT2D eigenvalue weighted by atomic mass is 10.1. The van der Waals surface area contributed by atoms with Crippen LogP contribution in [0.5, 0.6) is 0 Å². The number of hydrogen-bond acceptors (Lipinski definition) is 3. The van der Waals surface area contributed by atoms with Crippen LogP contribution in [-0.4, -0.2) is 17.0 Å². The summed E-state index contributed by atoms with van der Waals surface area (Å²) in [6.07, 6.45) is 0. The molecule has 18 heavy (non-hydrogen) atoms. The molecule has 2 aromatic rings. The summed E-state index contributed by atoms with van der Waals surface area (Å²) in [7, 11) is 1.75. The number of hydrogen-bond donors (Lipinski definition) is 2. The predicted molar refractivity (Wildman–Crippen MR) is 67.8 cm³/mol. The summed E-state index contributed by atoms with van der Waals surface area (Å²) in [6.45, 7) is 2.18. The minimum Gasteiger partial charge on any atom is -0.315 e. The molecule has 0 aliphatic heterocycles. The molecule has 2 rings (SSSR count). The summed E-state index contributed by atoms with van der Waals surface area (Å²) in [5, 5.41) is 2.90. The van der Waals surface area contributed by atoms with Crippen LogP contribution in [-0.2, 0) is 6.54 Å². The lowest BCUT2D eigenvalue weighted by molar-refractivity contribution is 0.629. The van der Waals surface area contributed by atoms with Crippen molar-refractivity contribution in [2.75, 3.05) is 7.05 Å². The van der Waals surface area contributed by atoms with E-state index in [0.29, 0.717) is 23.4 Å². The Kier molecular flexibility index (Phi) is 3.53. The summed E-state index contributed by atoms with van der Waals surface area (Å²) >= 11 is 0. The second kappa shape index (κ2) is 5.10. The molecule has 0 bridgehead atoms. The normalized spacial score (nSPS) is 10.6. The molecule has 0 aliphatic carbocycles. The second-order valence-electron chi connectivity index (χ2n) is 3.99. The predicted octanol–water partition coefficient (Wildman–Crippen LogP) is 1.60. The van der Waals surface area contributed by atoms with Gasteiger partial charge in [0.25, 0.3) is 5.56 Å². The molecular formula is C13H14FN3O. The maximum atomic E-state index is 13.6. The first-order valence-electron chi connectivity index (χ1n) is 5.62. The summed E-state index contributed by atoms with van der Waals surface area (Å²) in [5.41, 5.74) is 1.23. The molecular weight excluding hydrogens is 233 g/mol. The van der Waals surface area contributed by atoms with Crippen LogP contribution in [0.2, 0.25) is 0 Å². The first-order chi connectivity index (χ1) is 8.63. The Morgan fingerprint density at radius 2 is 2.11 bits per heavy atom. The van der Waals surface area contributed by atoms with Gasteiger partial charge < -0.3 is 10.3 Å². The summed E-state index contributed by atoms with van der Waals surface area (Å²) in [6, 6.07) is 6.23. The number of nitrogens with one attached hydrogen (secondary N) is 2. The Morgan fingerprint density at radius 1 is 1.39 bits per heavy atom. The van der Waals surface area contributed by atoms with Gasteiger partial charge in [-0.15, -0.1) is 0 Å². The molecule has 0 saturated heterocycles. The zero-order valence-electron chi connectivity index (χ0n) is 10.2. The smallest absolute Gasteiger partial charge is 0.255 e. The first-order valence-corrected chi connectivity index (χ1v) is 5.62. The topological polar surface area (TPSA) is 57.8 Å². The van der Waals surface area contributed by atoms with E-state index in [-0.39, 0.29) is 11.4 Å². The minimum absolute atomic E-state index is 0.241. The molecule has 5 heteroatoms. The third kappa shape index (κ3) is 2.31. The number of rotatable bonds is 3. The van der Waals surface area contributed by atoms with Gasteiger partial charge in [0.05, 0.1) is 11.1 Å². The molecule has 1 aromatic heterocycles. The van der Waals surface area contributed by atoms with Gasteiger partial charge in [0, 0.05) is 12.2 Å². The van der Waals surface area contributed by atoms with Crippen LogP contribution in [0.25, 0.3) is 11.4 Å². The van der Waals surface area contributed by atoms with Gasteiger partial charge in [0.15, 0.2) is 0 Å². The number of aromatic amines is 1. The molecule has 0 amide bonds. The maximum Gasteiger partial charge on any atom is 0.255 e. The van der Waals surface area contributed by atoms with E-state index >= 15 is 0 Å². The Morgan fingerprint density at radius 3 is 2.72 bits per heavy atom. The summed E-state index contributed by atoms with van der Waals surface area (Å²) < 4.78 is 13.6. The van der Waals surface area contributed by atoms with E-state index in [2.05, 4.69) is 15.3 Å². The van der Waals surface area contributed by atoms with Crippen molar-refractivity contribution in [2.24, 2.45) is 0 Å². The lowest BCUT2D eigenvalue weighted by Gasteiger charge is -2.07. The number of nitrogens with zero attached hydrogens (tertiary/aromatic N) is 1. The van der Waals surface area contributed by atoms with Crippen molar-refractivity contribution < 1.29 is 4.39 Å². The van der Waals surface area contributed by atoms with Gasteiger partial charge in [-0.25, -0.2) is 9.37 Å². The second-order valence-corrected chi connectivity index (χ2v) is 3.99. The van der Waals surface area contributed by atoms with E-state index in [0.717, 1.165) is 0 Å². The molecule has 0 radical (unpaired) electrons. The van der Waals surface area contributed by atoms with Crippen molar-refractivity contribution in [3.05, 3.63) is 51.7 Å². The van der Waals surface area contributed by atoms with Crippen molar-refractivity contribution in [1.82, 2.24) is 15.3 Å². The fourth-order valence-electron chi connectivity index (χ4n) is 1.78. The molecule has 4 nitrogen and oxygen atoms in total. The van der Waals surface area contributed by atoms with Crippen LogP contribution >= 0.6 is 0 Å². The van der Waals surface area contributed by atoms with E-state index < -0.39 is 5.82 Å². The van der Waals surface area contributed by atoms with Gasteiger partial charge in [-0.2, -0.15) is 0 Å². The van der Waals surface area contributed by atoms with Gasteiger partial charge in [-0.05, 0) is 26.1 Å². The van der Waals surface area contributed by atoms with E-state index in [9.17, 15) is 9.18 Å². The highest BCUT2D eigenvalue weighted by atomic mass is 19.1. The molecule has 0 saturated carbocycles. The average Bonchev–Trinajstić information content (AvgIpc) is 2.34. The fraction of sp³-hybridized carbons (Fsp3) is 0.231.